The van der Waals surface area contributed by atoms with Crippen LogP contribution in [0.1, 0.15) is 6.42 Å². The van der Waals surface area contributed by atoms with E-state index in [1.807, 2.05) is 30.8 Å². The van der Waals surface area contributed by atoms with Gasteiger partial charge in [-0.2, -0.15) is 0 Å². The lowest BCUT2D eigenvalue weighted by Crippen LogP contribution is -2.45. The quantitative estimate of drug-likeness (QED) is 0.756. The van der Waals surface area contributed by atoms with E-state index in [0.29, 0.717) is 19.7 Å². The van der Waals surface area contributed by atoms with Crippen molar-refractivity contribution in [2.45, 2.75) is 12.5 Å². The highest BCUT2D eigenvalue weighted by Gasteiger charge is 2.26. The molecule has 1 atom stereocenters. The van der Waals surface area contributed by atoms with Gasteiger partial charge < -0.3 is 19.9 Å². The molecule has 2 aromatic heterocycles. The number of morpholine rings is 1. The number of para-hydroxylation sites is 1. The zero-order valence-electron chi connectivity index (χ0n) is 14.9. The van der Waals surface area contributed by atoms with Crippen LogP contribution in [-0.2, 0) is 23.6 Å². The largest absolute Gasteiger partial charge is 0.374 e. The lowest BCUT2D eigenvalue weighted by molar-refractivity contribution is -0.121. The lowest BCUT2D eigenvalue weighted by atomic mass is 10.1. The maximum absolute atomic E-state index is 11.2. The van der Waals surface area contributed by atoms with Gasteiger partial charge in [-0.25, -0.2) is 0 Å². The van der Waals surface area contributed by atoms with E-state index >= 15 is 0 Å². The van der Waals surface area contributed by atoms with Crippen LogP contribution in [0.3, 0.4) is 0 Å². The second-order valence-corrected chi connectivity index (χ2v) is 6.66. The Morgan fingerprint density at radius 3 is 2.92 bits per heavy atom. The Labute approximate surface area is 151 Å². The fourth-order valence-corrected chi connectivity index (χ4v) is 3.60. The predicted molar refractivity (Wildman–Crippen MR) is 98.7 cm³/mol. The zero-order valence-corrected chi connectivity index (χ0v) is 14.9. The molecule has 26 heavy (non-hydrogen) atoms. The predicted octanol–water partition coefficient (Wildman–Crippen LogP) is 1.05. The number of carbonyl (C=O) groups excluding carboxylic acids is 1. The van der Waals surface area contributed by atoms with Crippen LogP contribution in [0.15, 0.2) is 30.5 Å². The van der Waals surface area contributed by atoms with Crippen molar-refractivity contribution in [3.05, 3.63) is 30.5 Å². The summed E-state index contributed by atoms with van der Waals surface area (Å²) < 4.78 is 9.72. The Bertz CT molecular complexity index is 960. The highest BCUT2D eigenvalue weighted by molar-refractivity contribution is 5.94. The first-order valence-electron chi connectivity index (χ1n) is 8.63. The van der Waals surface area contributed by atoms with Crippen molar-refractivity contribution < 1.29 is 9.53 Å². The van der Waals surface area contributed by atoms with Crippen LogP contribution < -0.4 is 10.6 Å². The Balaban J connectivity index is 1.67. The topological polar surface area (TPSA) is 91.2 Å². The molecule has 0 spiro atoms. The van der Waals surface area contributed by atoms with Crippen LogP contribution in [0, 0.1) is 0 Å². The van der Waals surface area contributed by atoms with Crippen LogP contribution in [0.25, 0.3) is 22.3 Å². The van der Waals surface area contributed by atoms with E-state index in [0.717, 1.165) is 28.2 Å². The molecule has 8 heteroatoms. The SMILES string of the molecule is Cn1c(-c2cn(C)c3ccccc23)nnc1N1CCOC(CC(N)=O)C1. The highest BCUT2D eigenvalue weighted by atomic mass is 16.5. The molecule has 136 valence electrons. The average molecular weight is 354 g/mol. The van der Waals surface area contributed by atoms with Gasteiger partial charge in [-0.1, -0.05) is 18.2 Å². The molecular weight excluding hydrogens is 332 g/mol. The molecule has 8 nitrogen and oxygen atoms in total. The van der Waals surface area contributed by atoms with Crippen molar-refractivity contribution in [2.24, 2.45) is 19.8 Å². The third-order valence-electron chi connectivity index (χ3n) is 4.84. The van der Waals surface area contributed by atoms with Gasteiger partial charge >= 0.3 is 0 Å². The summed E-state index contributed by atoms with van der Waals surface area (Å²) in [6, 6.07) is 8.24. The first-order valence-corrected chi connectivity index (χ1v) is 8.63. The molecule has 3 heterocycles. The summed E-state index contributed by atoms with van der Waals surface area (Å²) in [5, 5.41) is 9.98. The number of hydrogen-bond acceptors (Lipinski definition) is 5. The van der Waals surface area contributed by atoms with Gasteiger partial charge in [-0.3, -0.25) is 9.36 Å². The summed E-state index contributed by atoms with van der Waals surface area (Å²) in [5.74, 6) is 1.23. The maximum Gasteiger partial charge on any atom is 0.227 e. The summed E-state index contributed by atoms with van der Waals surface area (Å²) >= 11 is 0. The number of aromatic nitrogens is 4. The summed E-state index contributed by atoms with van der Waals surface area (Å²) in [6.07, 6.45) is 2.08. The van der Waals surface area contributed by atoms with E-state index < -0.39 is 0 Å². The number of amides is 1. The van der Waals surface area contributed by atoms with Crippen molar-refractivity contribution in [1.82, 2.24) is 19.3 Å². The van der Waals surface area contributed by atoms with Crippen molar-refractivity contribution in [3.63, 3.8) is 0 Å². The number of ether oxygens (including phenoxy) is 1. The monoisotopic (exact) mass is 354 g/mol. The number of anilines is 1. The van der Waals surface area contributed by atoms with Crippen molar-refractivity contribution in [3.8, 4) is 11.4 Å². The molecule has 0 radical (unpaired) electrons. The Hall–Kier alpha value is -2.87. The molecule has 1 aliphatic rings. The molecule has 0 bridgehead atoms. The van der Waals surface area contributed by atoms with Crippen molar-refractivity contribution in [1.29, 1.82) is 0 Å². The van der Waals surface area contributed by atoms with Gasteiger partial charge in [-0.05, 0) is 6.07 Å². The van der Waals surface area contributed by atoms with E-state index in [4.69, 9.17) is 10.5 Å². The molecule has 1 fully saturated rings. The molecule has 1 aromatic carbocycles. The molecule has 2 N–H and O–H groups in total. The van der Waals surface area contributed by atoms with E-state index in [9.17, 15) is 4.79 Å². The smallest absolute Gasteiger partial charge is 0.227 e. The molecule has 4 rings (SSSR count). The number of aryl methyl sites for hydroxylation is 1. The van der Waals surface area contributed by atoms with Gasteiger partial charge in [0.1, 0.15) is 0 Å². The van der Waals surface area contributed by atoms with Gasteiger partial charge in [0.15, 0.2) is 5.82 Å². The number of primary amides is 1. The van der Waals surface area contributed by atoms with E-state index in [2.05, 4.69) is 38.0 Å². The minimum absolute atomic E-state index is 0.209. The molecule has 1 unspecified atom stereocenters. The minimum Gasteiger partial charge on any atom is -0.374 e. The van der Waals surface area contributed by atoms with Crippen LogP contribution in [0.4, 0.5) is 5.95 Å². The van der Waals surface area contributed by atoms with Crippen LogP contribution >= 0.6 is 0 Å². The van der Waals surface area contributed by atoms with E-state index in [-0.39, 0.29) is 18.4 Å². The fraction of sp³-hybridized carbons (Fsp3) is 0.389. The molecule has 0 aliphatic carbocycles. The number of carbonyl (C=O) groups is 1. The zero-order chi connectivity index (χ0) is 18.3. The summed E-state index contributed by atoms with van der Waals surface area (Å²) in [4.78, 5) is 13.3. The van der Waals surface area contributed by atoms with E-state index in [1.54, 1.807) is 0 Å². The Kier molecular flexibility index (Phi) is 4.12. The van der Waals surface area contributed by atoms with Gasteiger partial charge in [0.2, 0.25) is 11.9 Å². The van der Waals surface area contributed by atoms with Gasteiger partial charge in [0, 0.05) is 49.8 Å². The molecule has 1 amide bonds. The van der Waals surface area contributed by atoms with Crippen LogP contribution in [-0.4, -0.2) is 51.0 Å². The second kappa shape index (κ2) is 6.45. The molecule has 1 aliphatic heterocycles. The number of nitrogens with two attached hydrogens (primary N) is 1. The lowest BCUT2D eigenvalue weighted by Gasteiger charge is -2.32. The molecular formula is C18H22N6O2. The number of benzene rings is 1. The Morgan fingerprint density at radius 1 is 1.31 bits per heavy atom. The number of nitrogens with zero attached hydrogens (tertiary/aromatic N) is 5. The first kappa shape index (κ1) is 16.6. The number of rotatable bonds is 4. The van der Waals surface area contributed by atoms with Crippen molar-refractivity contribution in [2.75, 3.05) is 24.6 Å². The normalized spacial score (nSPS) is 17.8. The van der Waals surface area contributed by atoms with E-state index in [1.165, 1.54) is 0 Å². The molecule has 1 saturated heterocycles. The summed E-state index contributed by atoms with van der Waals surface area (Å²) in [7, 11) is 3.99. The second-order valence-electron chi connectivity index (χ2n) is 6.66. The average Bonchev–Trinajstić information content (AvgIpc) is 3.15. The number of hydrogen-bond donors (Lipinski definition) is 1. The summed E-state index contributed by atoms with van der Waals surface area (Å²) in [6.45, 7) is 1.82. The summed E-state index contributed by atoms with van der Waals surface area (Å²) in [5.41, 5.74) is 7.50. The highest BCUT2D eigenvalue weighted by Crippen LogP contribution is 2.30. The maximum atomic E-state index is 11.2. The first-order chi connectivity index (χ1) is 12.5. The standard InChI is InChI=1S/C18H22N6O2/c1-22-11-14(13-5-3-4-6-15(13)22)17-20-21-18(23(17)2)24-7-8-26-12(10-24)9-16(19)25/h3-6,11-12H,7-10H2,1-2H3,(H2,19,25). The third-order valence-corrected chi connectivity index (χ3v) is 4.84. The molecule has 0 saturated carbocycles. The van der Waals surface area contributed by atoms with Crippen LogP contribution in [0.2, 0.25) is 0 Å². The number of fused-ring (bicyclic) bond motifs is 1. The van der Waals surface area contributed by atoms with Gasteiger partial charge in [0.05, 0.1) is 19.1 Å². The van der Waals surface area contributed by atoms with Gasteiger partial charge in [0.25, 0.3) is 0 Å². The van der Waals surface area contributed by atoms with Crippen LogP contribution in [0.5, 0.6) is 0 Å². The molecule has 3 aromatic rings. The van der Waals surface area contributed by atoms with Crippen molar-refractivity contribution >= 4 is 22.8 Å². The fourth-order valence-electron chi connectivity index (χ4n) is 3.60. The third kappa shape index (κ3) is 2.82. The van der Waals surface area contributed by atoms with Gasteiger partial charge in [-0.15, -0.1) is 10.2 Å². The minimum atomic E-state index is -0.355. The Morgan fingerprint density at radius 2 is 2.12 bits per heavy atom.